The van der Waals surface area contributed by atoms with Crippen LogP contribution >= 0.6 is 0 Å². The van der Waals surface area contributed by atoms with E-state index in [0.29, 0.717) is 0 Å². The van der Waals surface area contributed by atoms with Crippen molar-refractivity contribution in [2.45, 2.75) is 0 Å². The average molecular weight is 365 g/mol. The van der Waals surface area contributed by atoms with Crippen molar-refractivity contribution >= 4 is 21.7 Å². The fourth-order valence-electron chi connectivity index (χ4n) is 3.97. The molecule has 3 aromatic carbocycles. The van der Waals surface area contributed by atoms with Gasteiger partial charge < -0.3 is 4.74 Å². The molecule has 0 bridgehead atoms. The van der Waals surface area contributed by atoms with Crippen LogP contribution in [0.5, 0.6) is 11.5 Å². The second-order valence-corrected chi connectivity index (χ2v) is 7.46. The van der Waals surface area contributed by atoms with Crippen LogP contribution in [-0.2, 0) is 7.05 Å². The Morgan fingerprint density at radius 2 is 1.75 bits per heavy atom. The van der Waals surface area contributed by atoms with Gasteiger partial charge >= 0.3 is 0 Å². The summed E-state index contributed by atoms with van der Waals surface area (Å²) in [5, 5.41) is 3.59. The third kappa shape index (κ3) is 2.54. The molecule has 136 valence electrons. The monoisotopic (exact) mass is 365 g/mol. The van der Waals surface area contributed by atoms with Gasteiger partial charge in [-0.1, -0.05) is 36.1 Å². The van der Waals surface area contributed by atoms with Crippen molar-refractivity contribution < 1.29 is 9.30 Å². The Balaban J connectivity index is 1.84. The van der Waals surface area contributed by atoms with Gasteiger partial charge in [0.2, 0.25) is 11.2 Å². The predicted molar refractivity (Wildman–Crippen MR) is 114 cm³/mol. The molecule has 28 heavy (non-hydrogen) atoms. The van der Waals surface area contributed by atoms with Gasteiger partial charge in [-0.25, -0.2) is 0 Å². The van der Waals surface area contributed by atoms with Crippen LogP contribution in [0.1, 0.15) is 5.56 Å². The van der Waals surface area contributed by atoms with Gasteiger partial charge in [-0.05, 0) is 44.4 Å². The molecule has 2 heterocycles. The Morgan fingerprint density at radius 1 is 0.929 bits per heavy atom. The highest BCUT2D eigenvalue weighted by Gasteiger charge is 2.29. The second kappa shape index (κ2) is 6.37. The van der Waals surface area contributed by atoms with Gasteiger partial charge in [0.1, 0.15) is 18.5 Å². The molecule has 3 heteroatoms. The summed E-state index contributed by atoms with van der Waals surface area (Å²) in [6.45, 7) is 0.751. The van der Waals surface area contributed by atoms with E-state index in [1.54, 1.807) is 0 Å². The molecule has 0 N–H and O–H groups in total. The van der Waals surface area contributed by atoms with E-state index in [9.17, 15) is 0 Å². The molecule has 0 spiro atoms. The van der Waals surface area contributed by atoms with Crippen molar-refractivity contribution in [3.05, 3.63) is 66.2 Å². The van der Waals surface area contributed by atoms with Crippen molar-refractivity contribution in [3.8, 4) is 34.6 Å². The number of nitrogens with zero attached hydrogens (tertiary/aromatic N) is 2. The Hall–Kier alpha value is -3.35. The molecule has 1 aliphatic rings. The van der Waals surface area contributed by atoms with Gasteiger partial charge in [0.05, 0.1) is 22.9 Å². The van der Waals surface area contributed by atoms with E-state index in [1.165, 1.54) is 27.4 Å². The maximum Gasteiger partial charge on any atom is 0.228 e. The van der Waals surface area contributed by atoms with E-state index in [0.717, 1.165) is 29.2 Å². The molecule has 0 radical (unpaired) electrons. The zero-order valence-corrected chi connectivity index (χ0v) is 16.3. The Morgan fingerprint density at radius 3 is 2.61 bits per heavy atom. The first-order chi connectivity index (χ1) is 13.6. The minimum atomic E-state index is 0.751. The van der Waals surface area contributed by atoms with Crippen molar-refractivity contribution in [2.75, 3.05) is 20.6 Å². The van der Waals surface area contributed by atoms with Crippen LogP contribution in [0, 0.1) is 11.8 Å². The van der Waals surface area contributed by atoms with Crippen LogP contribution in [0.3, 0.4) is 0 Å². The highest BCUT2D eigenvalue weighted by Crippen LogP contribution is 2.46. The summed E-state index contributed by atoms with van der Waals surface area (Å²) in [6.07, 6.45) is 0. The number of ether oxygens (including phenoxy) is 1. The SMILES string of the molecule is CN(C)CC#Cc1ccc2c3cccc4c3c([n+](C)c2c1)-c1ccccc1O4. The quantitative estimate of drug-likeness (QED) is 0.247. The minimum Gasteiger partial charge on any atom is -0.456 e. The van der Waals surface area contributed by atoms with Crippen molar-refractivity contribution in [1.82, 2.24) is 4.90 Å². The number of hydrogen-bond acceptors (Lipinski definition) is 2. The van der Waals surface area contributed by atoms with E-state index in [1.807, 2.05) is 26.2 Å². The summed E-state index contributed by atoms with van der Waals surface area (Å²) in [7, 11) is 6.19. The molecule has 0 saturated carbocycles. The average Bonchev–Trinajstić information content (AvgIpc) is 2.70. The van der Waals surface area contributed by atoms with Crippen molar-refractivity contribution in [3.63, 3.8) is 0 Å². The van der Waals surface area contributed by atoms with E-state index in [-0.39, 0.29) is 0 Å². The lowest BCUT2D eigenvalue weighted by Gasteiger charge is -2.20. The van der Waals surface area contributed by atoms with Crippen LogP contribution in [0.2, 0.25) is 0 Å². The van der Waals surface area contributed by atoms with Gasteiger partial charge in [-0.15, -0.1) is 0 Å². The highest BCUT2D eigenvalue weighted by atomic mass is 16.5. The fourth-order valence-corrected chi connectivity index (χ4v) is 3.97. The van der Waals surface area contributed by atoms with Gasteiger partial charge in [-0.2, -0.15) is 4.57 Å². The van der Waals surface area contributed by atoms with E-state index >= 15 is 0 Å². The zero-order chi connectivity index (χ0) is 19.3. The summed E-state index contributed by atoms with van der Waals surface area (Å²) in [5.74, 6) is 8.35. The van der Waals surface area contributed by atoms with Crippen LogP contribution in [-0.4, -0.2) is 25.5 Å². The second-order valence-electron chi connectivity index (χ2n) is 7.46. The Labute approximate surface area is 164 Å². The summed E-state index contributed by atoms with van der Waals surface area (Å²) in [5.41, 5.74) is 4.53. The summed E-state index contributed by atoms with van der Waals surface area (Å²) < 4.78 is 8.49. The molecule has 0 amide bonds. The molecule has 0 aliphatic carbocycles. The third-order valence-corrected chi connectivity index (χ3v) is 5.24. The predicted octanol–water partition coefficient (Wildman–Crippen LogP) is 4.50. The molecule has 5 rings (SSSR count). The molecule has 0 saturated heterocycles. The molecule has 1 aliphatic heterocycles. The first kappa shape index (κ1) is 16.8. The number of hydrogen-bond donors (Lipinski definition) is 0. The number of aryl methyl sites for hydroxylation is 1. The van der Waals surface area contributed by atoms with Crippen LogP contribution < -0.4 is 9.30 Å². The summed E-state index contributed by atoms with van der Waals surface area (Å²) >= 11 is 0. The third-order valence-electron chi connectivity index (χ3n) is 5.24. The molecule has 0 fully saturated rings. The number of pyridine rings is 1. The minimum absolute atomic E-state index is 0.751. The van der Waals surface area contributed by atoms with E-state index in [4.69, 9.17) is 4.74 Å². The van der Waals surface area contributed by atoms with Gasteiger partial charge in [0.15, 0.2) is 0 Å². The lowest BCUT2D eigenvalue weighted by Crippen LogP contribution is -2.33. The summed E-state index contributed by atoms with van der Waals surface area (Å²) in [4.78, 5) is 2.07. The number of aromatic nitrogens is 1. The number of benzene rings is 3. The molecule has 4 aromatic rings. The molecule has 1 aromatic heterocycles. The van der Waals surface area contributed by atoms with Gasteiger partial charge in [-0.3, -0.25) is 4.90 Å². The number of rotatable bonds is 1. The van der Waals surface area contributed by atoms with Gasteiger partial charge in [0.25, 0.3) is 0 Å². The van der Waals surface area contributed by atoms with Crippen molar-refractivity contribution in [1.29, 1.82) is 0 Å². The van der Waals surface area contributed by atoms with Crippen molar-refractivity contribution in [2.24, 2.45) is 7.05 Å². The molecule has 0 atom stereocenters. The van der Waals surface area contributed by atoms with E-state index < -0.39 is 0 Å². The topological polar surface area (TPSA) is 16.4 Å². The first-order valence-electron chi connectivity index (χ1n) is 9.43. The van der Waals surface area contributed by atoms with Gasteiger partial charge in [0, 0.05) is 17.0 Å². The lowest BCUT2D eigenvalue weighted by molar-refractivity contribution is -0.632. The maximum atomic E-state index is 6.21. The largest absolute Gasteiger partial charge is 0.456 e. The highest BCUT2D eigenvalue weighted by molar-refractivity contribution is 6.12. The number of para-hydroxylation sites is 1. The first-order valence-corrected chi connectivity index (χ1v) is 9.43. The fraction of sp³-hybridized carbons (Fsp3) is 0.160. The van der Waals surface area contributed by atoms with E-state index in [2.05, 4.69) is 76.9 Å². The Bertz CT molecular complexity index is 1310. The normalized spacial score (nSPS) is 11.9. The zero-order valence-electron chi connectivity index (χ0n) is 16.3. The molecule has 3 nitrogen and oxygen atoms in total. The van der Waals surface area contributed by atoms with Crippen LogP contribution in [0.4, 0.5) is 0 Å². The summed E-state index contributed by atoms with van der Waals surface area (Å²) in [6, 6.07) is 21.0. The Kier molecular flexibility index (Phi) is 3.82. The maximum absolute atomic E-state index is 6.21. The number of fused-ring (bicyclic) bond motifs is 4. The van der Waals surface area contributed by atoms with Crippen LogP contribution in [0.25, 0.3) is 32.9 Å². The molecular formula is C25H21N2O+. The standard InChI is InChI=1S/C25H21N2O/c1-26(2)15-7-8-17-13-14-18-19-10-6-12-23-24(19)25(27(3)21(18)16-17)20-9-4-5-11-22(20)28-23/h4-6,9-14,16H,15H2,1-3H3/q+1. The molecular weight excluding hydrogens is 344 g/mol. The lowest BCUT2D eigenvalue weighted by atomic mass is 9.95. The smallest absolute Gasteiger partial charge is 0.228 e. The molecule has 0 unspecified atom stereocenters. The van der Waals surface area contributed by atoms with Crippen LogP contribution in [0.15, 0.2) is 60.7 Å².